The van der Waals surface area contributed by atoms with Gasteiger partial charge in [0.05, 0.1) is 63.1 Å². The fourth-order valence-corrected chi connectivity index (χ4v) is 7.33. The van der Waals surface area contributed by atoms with Gasteiger partial charge >= 0.3 is 11.9 Å². The largest absolute Gasteiger partial charge is 0.488 e. The Kier molecular flexibility index (Phi) is 13.1. The predicted octanol–water partition coefficient (Wildman–Crippen LogP) is 9.17. The number of rotatable bonds is 13. The SMILES string of the molecule is CCOC(=O)Cc1ccc(N2C(=O)c3c(Cl)ccc(OCc4ccccc4)c3C2=O)cc1.O=C(O)Cc1ccc(N2C(=O)c3c(Cl)ccc(OCc4ccccc4)c3C2=O)cc1. The standard InChI is InChI=1S/C25H20ClNO5.C23H16ClNO5/c1-2-31-21(28)14-16-8-10-18(11-9-16)27-24(29)22-19(26)12-13-20(23(22)25(27)30)32-15-17-6-4-3-5-7-17;24-17-10-11-18(30-13-15-4-2-1-3-5-15)21-20(17)22(28)25(23(21)29)16-8-6-14(7-9-16)12-19(26)27/h3-13H,2,14-15H2,1H3;1-11H,12-13H2,(H,26,27). The summed E-state index contributed by atoms with van der Waals surface area (Å²) in [7, 11) is 0. The predicted molar refractivity (Wildman–Crippen MR) is 231 cm³/mol. The number of amides is 4. The number of carboxylic acids is 1. The fraction of sp³-hybridized carbons (Fsp3) is 0.125. The average Bonchev–Trinajstić information content (AvgIpc) is 3.70. The summed E-state index contributed by atoms with van der Waals surface area (Å²) in [5, 5.41) is 9.25. The van der Waals surface area contributed by atoms with Crippen molar-refractivity contribution in [3.05, 3.63) is 188 Å². The van der Waals surface area contributed by atoms with Gasteiger partial charge < -0.3 is 19.3 Å². The number of anilines is 2. The zero-order chi connectivity index (χ0) is 43.9. The maximum absolute atomic E-state index is 13.2. The molecule has 0 fully saturated rings. The number of esters is 1. The summed E-state index contributed by atoms with van der Waals surface area (Å²) in [6.07, 6.45) is -0.0365. The average molecular weight is 872 g/mol. The lowest BCUT2D eigenvalue weighted by Gasteiger charge is -2.14. The molecule has 6 aromatic carbocycles. The van der Waals surface area contributed by atoms with Crippen LogP contribution in [0.3, 0.4) is 0 Å². The Hall–Kier alpha value is -7.28. The van der Waals surface area contributed by atoms with Gasteiger partial charge in [0.2, 0.25) is 0 Å². The van der Waals surface area contributed by atoms with Crippen molar-refractivity contribution >= 4 is 70.1 Å². The van der Waals surface area contributed by atoms with E-state index in [1.54, 1.807) is 73.7 Å². The molecule has 0 spiro atoms. The van der Waals surface area contributed by atoms with E-state index < -0.39 is 29.6 Å². The first-order valence-electron chi connectivity index (χ1n) is 19.3. The Morgan fingerprint density at radius 3 is 1.27 bits per heavy atom. The first-order valence-corrected chi connectivity index (χ1v) is 20.0. The highest BCUT2D eigenvalue weighted by Gasteiger charge is 2.42. The monoisotopic (exact) mass is 870 g/mol. The van der Waals surface area contributed by atoms with Crippen LogP contribution in [0.5, 0.6) is 11.5 Å². The Balaban J connectivity index is 0.000000187. The molecule has 1 N–H and O–H groups in total. The molecule has 2 aliphatic rings. The number of nitrogens with zero attached hydrogens (tertiary/aromatic N) is 2. The number of hydrogen-bond acceptors (Lipinski definition) is 9. The minimum absolute atomic E-state index is 0.0989. The van der Waals surface area contributed by atoms with E-state index in [0.717, 1.165) is 20.9 Å². The molecule has 0 atom stereocenters. The topological polar surface area (TPSA) is 157 Å². The highest BCUT2D eigenvalue weighted by molar-refractivity contribution is 6.43. The number of imide groups is 2. The summed E-state index contributed by atoms with van der Waals surface area (Å²) in [5.41, 5.74) is 4.34. The third-order valence-electron chi connectivity index (χ3n) is 9.77. The van der Waals surface area contributed by atoms with Crippen LogP contribution in [0.1, 0.15) is 70.6 Å². The summed E-state index contributed by atoms with van der Waals surface area (Å²) in [6.45, 7) is 2.53. The van der Waals surface area contributed by atoms with Crippen molar-refractivity contribution < 1.29 is 48.1 Å². The van der Waals surface area contributed by atoms with E-state index in [2.05, 4.69) is 0 Å². The van der Waals surface area contributed by atoms with Crippen molar-refractivity contribution in [1.29, 1.82) is 0 Å². The van der Waals surface area contributed by atoms with Crippen molar-refractivity contribution in [2.45, 2.75) is 33.0 Å². The molecule has 8 rings (SSSR count). The van der Waals surface area contributed by atoms with E-state index in [9.17, 15) is 28.8 Å². The Labute approximate surface area is 365 Å². The van der Waals surface area contributed by atoms with Gasteiger partial charge in [0.15, 0.2) is 0 Å². The van der Waals surface area contributed by atoms with Gasteiger partial charge in [-0.15, -0.1) is 0 Å². The molecule has 0 aromatic heterocycles. The Morgan fingerprint density at radius 1 is 0.500 bits per heavy atom. The van der Waals surface area contributed by atoms with Crippen LogP contribution in [0.2, 0.25) is 10.0 Å². The van der Waals surface area contributed by atoms with Gasteiger partial charge in [-0.1, -0.05) is 108 Å². The number of halogens is 2. The van der Waals surface area contributed by atoms with Gasteiger partial charge in [0.1, 0.15) is 24.7 Å². The minimum atomic E-state index is -0.963. The van der Waals surface area contributed by atoms with Crippen LogP contribution in [0, 0.1) is 0 Å². The molecule has 12 nitrogen and oxygen atoms in total. The van der Waals surface area contributed by atoms with Crippen LogP contribution >= 0.6 is 23.2 Å². The van der Waals surface area contributed by atoms with E-state index in [0.29, 0.717) is 34.9 Å². The molecule has 0 unspecified atom stereocenters. The number of benzene rings is 6. The number of carboxylic acid groups (broad SMARTS) is 1. The maximum atomic E-state index is 13.2. The summed E-state index contributed by atoms with van der Waals surface area (Å²) < 4.78 is 16.6. The second-order valence-corrected chi connectivity index (χ2v) is 14.7. The molecule has 0 saturated carbocycles. The first-order chi connectivity index (χ1) is 29.9. The van der Waals surface area contributed by atoms with Crippen molar-refractivity contribution in [3.63, 3.8) is 0 Å². The van der Waals surface area contributed by atoms with E-state index in [1.807, 2.05) is 60.7 Å². The van der Waals surface area contributed by atoms with Gasteiger partial charge in [0.25, 0.3) is 23.6 Å². The number of carbonyl (C=O) groups excluding carboxylic acids is 5. The normalized spacial score (nSPS) is 12.7. The summed E-state index contributed by atoms with van der Waals surface area (Å²) >= 11 is 12.5. The Morgan fingerprint density at radius 2 is 0.887 bits per heavy atom. The van der Waals surface area contributed by atoms with E-state index >= 15 is 0 Å². The lowest BCUT2D eigenvalue weighted by molar-refractivity contribution is -0.142. The molecule has 14 heteroatoms. The number of fused-ring (bicyclic) bond motifs is 2. The smallest absolute Gasteiger partial charge is 0.310 e. The molecule has 0 radical (unpaired) electrons. The lowest BCUT2D eigenvalue weighted by Crippen LogP contribution is -2.29. The van der Waals surface area contributed by atoms with Gasteiger partial charge in [-0.3, -0.25) is 28.8 Å². The molecule has 0 bridgehead atoms. The van der Waals surface area contributed by atoms with E-state index in [4.69, 9.17) is 42.5 Å². The maximum Gasteiger partial charge on any atom is 0.310 e. The highest BCUT2D eigenvalue weighted by Crippen LogP contribution is 2.40. The fourth-order valence-electron chi connectivity index (χ4n) is 6.85. The zero-order valence-electron chi connectivity index (χ0n) is 33.0. The summed E-state index contributed by atoms with van der Waals surface area (Å²) in [5.74, 6) is -2.83. The van der Waals surface area contributed by atoms with E-state index in [-0.39, 0.29) is 70.1 Å². The molecule has 6 aromatic rings. The van der Waals surface area contributed by atoms with Crippen LogP contribution in [0.25, 0.3) is 0 Å². The van der Waals surface area contributed by atoms with Crippen LogP contribution in [-0.2, 0) is 40.4 Å². The van der Waals surface area contributed by atoms with Gasteiger partial charge in [-0.25, -0.2) is 9.80 Å². The van der Waals surface area contributed by atoms with Crippen molar-refractivity contribution in [3.8, 4) is 11.5 Å². The quantitative estimate of drug-likeness (QED) is 0.0877. The Bertz CT molecular complexity index is 2690. The molecule has 0 saturated heterocycles. The van der Waals surface area contributed by atoms with Crippen LogP contribution < -0.4 is 19.3 Å². The lowest BCUT2D eigenvalue weighted by atomic mass is 10.1. The summed E-state index contributed by atoms with van der Waals surface area (Å²) in [4.78, 5) is 77.1. The molecule has 312 valence electrons. The van der Waals surface area contributed by atoms with E-state index in [1.165, 1.54) is 6.07 Å². The minimum Gasteiger partial charge on any atom is -0.488 e. The van der Waals surface area contributed by atoms with Gasteiger partial charge in [0, 0.05) is 0 Å². The molecule has 4 amide bonds. The second kappa shape index (κ2) is 19.0. The number of carbonyl (C=O) groups is 6. The van der Waals surface area contributed by atoms with Gasteiger partial charge in [-0.2, -0.15) is 0 Å². The number of aliphatic carboxylic acids is 1. The first kappa shape index (κ1) is 42.8. The molecule has 2 heterocycles. The molecule has 2 aliphatic heterocycles. The third kappa shape index (κ3) is 9.21. The number of ether oxygens (including phenoxy) is 3. The second-order valence-electron chi connectivity index (χ2n) is 13.9. The summed E-state index contributed by atoms with van der Waals surface area (Å²) in [6, 6.07) is 38.1. The third-order valence-corrected chi connectivity index (χ3v) is 10.4. The molecular formula is C48H36Cl2N2O10. The van der Waals surface area contributed by atoms with Crippen molar-refractivity contribution in [1.82, 2.24) is 0 Å². The van der Waals surface area contributed by atoms with Crippen molar-refractivity contribution in [2.24, 2.45) is 0 Å². The van der Waals surface area contributed by atoms with Crippen LogP contribution in [0.4, 0.5) is 11.4 Å². The van der Waals surface area contributed by atoms with Gasteiger partial charge in [-0.05, 0) is 77.7 Å². The molecule has 0 aliphatic carbocycles. The van der Waals surface area contributed by atoms with Crippen molar-refractivity contribution in [2.75, 3.05) is 16.4 Å². The van der Waals surface area contributed by atoms with Crippen LogP contribution in [-0.4, -0.2) is 47.3 Å². The van der Waals surface area contributed by atoms with Crippen LogP contribution in [0.15, 0.2) is 133 Å². The zero-order valence-corrected chi connectivity index (χ0v) is 34.5. The molecule has 62 heavy (non-hydrogen) atoms. The highest BCUT2D eigenvalue weighted by atomic mass is 35.5. The number of hydrogen-bond donors (Lipinski definition) is 1. The molecular weight excluding hydrogens is 835 g/mol.